The Morgan fingerprint density at radius 3 is 2.17 bits per heavy atom. The molecule has 0 unspecified atom stereocenters. The molecule has 0 atom stereocenters. The summed E-state index contributed by atoms with van der Waals surface area (Å²) in [7, 11) is 3.14. The van der Waals surface area contributed by atoms with Crippen molar-refractivity contribution < 1.29 is 14.3 Å². The Hall–Kier alpha value is -1.55. The van der Waals surface area contributed by atoms with Gasteiger partial charge in [-0.3, -0.25) is 4.79 Å². The highest BCUT2D eigenvalue weighted by molar-refractivity contribution is 5.97. The molecule has 0 radical (unpaired) electrons. The van der Waals surface area contributed by atoms with E-state index in [4.69, 9.17) is 15.2 Å². The van der Waals surface area contributed by atoms with Gasteiger partial charge >= 0.3 is 0 Å². The Kier molecular flexibility index (Phi) is 3.57. The van der Waals surface area contributed by atoms with Gasteiger partial charge in [-0.2, -0.15) is 0 Å². The Balaban J connectivity index is 2.18. The van der Waals surface area contributed by atoms with E-state index in [0.29, 0.717) is 23.5 Å². The summed E-state index contributed by atoms with van der Waals surface area (Å²) < 4.78 is 10.3. The normalized spacial score (nSPS) is 16.8. The van der Waals surface area contributed by atoms with Crippen molar-refractivity contribution in [2.45, 2.75) is 31.2 Å². The molecule has 18 heavy (non-hydrogen) atoms. The van der Waals surface area contributed by atoms with Crippen molar-refractivity contribution in [2.24, 2.45) is 5.73 Å². The number of Topliss-reactive ketones (excluding diaryl/α,β-unsaturated/α-hetero) is 1. The zero-order valence-electron chi connectivity index (χ0n) is 10.9. The van der Waals surface area contributed by atoms with Gasteiger partial charge in [0.25, 0.3) is 0 Å². The molecule has 0 amide bonds. The summed E-state index contributed by atoms with van der Waals surface area (Å²) in [6.07, 6.45) is 3.37. The topological polar surface area (TPSA) is 61.5 Å². The van der Waals surface area contributed by atoms with Crippen molar-refractivity contribution in [1.82, 2.24) is 0 Å². The molecule has 1 aliphatic carbocycles. The Morgan fingerprint density at radius 1 is 1.22 bits per heavy atom. The van der Waals surface area contributed by atoms with Crippen molar-refractivity contribution >= 4 is 5.78 Å². The minimum Gasteiger partial charge on any atom is -0.497 e. The first-order valence-corrected chi connectivity index (χ1v) is 6.11. The van der Waals surface area contributed by atoms with E-state index in [1.807, 2.05) is 0 Å². The van der Waals surface area contributed by atoms with Crippen LogP contribution in [0.15, 0.2) is 18.2 Å². The highest BCUT2D eigenvalue weighted by atomic mass is 16.5. The summed E-state index contributed by atoms with van der Waals surface area (Å²) in [5.41, 5.74) is 6.40. The van der Waals surface area contributed by atoms with E-state index < -0.39 is 0 Å². The number of hydrogen-bond acceptors (Lipinski definition) is 4. The van der Waals surface area contributed by atoms with Crippen LogP contribution in [0.25, 0.3) is 0 Å². The Morgan fingerprint density at radius 2 is 1.78 bits per heavy atom. The first-order chi connectivity index (χ1) is 8.56. The van der Waals surface area contributed by atoms with Crippen molar-refractivity contribution in [3.05, 3.63) is 23.8 Å². The fourth-order valence-corrected chi connectivity index (χ4v) is 2.20. The highest BCUT2D eigenvalue weighted by Crippen LogP contribution is 2.34. The predicted molar refractivity (Wildman–Crippen MR) is 69.3 cm³/mol. The SMILES string of the molecule is COc1cc(OC)cc(C(=O)CC2(N)CCC2)c1. The maximum atomic E-state index is 12.2. The van der Waals surface area contributed by atoms with Gasteiger partial charge < -0.3 is 15.2 Å². The van der Waals surface area contributed by atoms with Gasteiger partial charge in [0.2, 0.25) is 0 Å². The van der Waals surface area contributed by atoms with Crippen LogP contribution in [0.4, 0.5) is 0 Å². The van der Waals surface area contributed by atoms with Gasteiger partial charge in [-0.05, 0) is 31.4 Å². The summed E-state index contributed by atoms with van der Waals surface area (Å²) in [5, 5.41) is 0. The molecule has 2 N–H and O–H groups in total. The largest absolute Gasteiger partial charge is 0.497 e. The summed E-state index contributed by atoms with van der Waals surface area (Å²) in [5.74, 6) is 1.30. The molecule has 0 aromatic heterocycles. The Bertz CT molecular complexity index is 430. The van der Waals surface area contributed by atoms with Gasteiger partial charge in [0.05, 0.1) is 14.2 Å². The van der Waals surface area contributed by atoms with Gasteiger partial charge in [0, 0.05) is 23.6 Å². The monoisotopic (exact) mass is 249 g/mol. The second-order valence-corrected chi connectivity index (χ2v) is 4.92. The number of hydrogen-bond donors (Lipinski definition) is 1. The summed E-state index contributed by atoms with van der Waals surface area (Å²) in [6.45, 7) is 0. The third-order valence-electron chi connectivity index (χ3n) is 3.54. The van der Waals surface area contributed by atoms with E-state index in [1.54, 1.807) is 32.4 Å². The van der Waals surface area contributed by atoms with Crippen LogP contribution in [0.3, 0.4) is 0 Å². The van der Waals surface area contributed by atoms with E-state index in [1.165, 1.54) is 0 Å². The molecule has 0 spiro atoms. The lowest BCUT2D eigenvalue weighted by Crippen LogP contribution is -2.48. The summed E-state index contributed by atoms with van der Waals surface area (Å²) in [4.78, 5) is 12.2. The fourth-order valence-electron chi connectivity index (χ4n) is 2.20. The number of ketones is 1. The third-order valence-corrected chi connectivity index (χ3v) is 3.54. The standard InChI is InChI=1S/C14H19NO3/c1-17-11-6-10(7-12(8-11)18-2)13(16)9-14(15)4-3-5-14/h6-8H,3-5,9,15H2,1-2H3. The van der Waals surface area contributed by atoms with Gasteiger partial charge in [0.1, 0.15) is 11.5 Å². The van der Waals surface area contributed by atoms with Crippen molar-refractivity contribution in [2.75, 3.05) is 14.2 Å². The van der Waals surface area contributed by atoms with Crippen molar-refractivity contribution in [3.63, 3.8) is 0 Å². The van der Waals surface area contributed by atoms with Gasteiger partial charge in [-0.1, -0.05) is 0 Å². The molecule has 1 aromatic carbocycles. The van der Waals surface area contributed by atoms with Gasteiger partial charge in [-0.15, -0.1) is 0 Å². The van der Waals surface area contributed by atoms with Crippen LogP contribution in [0.2, 0.25) is 0 Å². The minimum absolute atomic E-state index is 0.0504. The van der Waals surface area contributed by atoms with Crippen LogP contribution in [0.1, 0.15) is 36.0 Å². The average Bonchev–Trinajstić information content (AvgIpc) is 2.36. The summed E-state index contributed by atoms with van der Waals surface area (Å²) in [6, 6.07) is 5.21. The molecule has 0 bridgehead atoms. The molecular weight excluding hydrogens is 230 g/mol. The maximum Gasteiger partial charge on any atom is 0.164 e. The quantitative estimate of drug-likeness (QED) is 0.812. The molecule has 1 aliphatic rings. The van der Waals surface area contributed by atoms with Crippen LogP contribution < -0.4 is 15.2 Å². The second-order valence-electron chi connectivity index (χ2n) is 4.92. The first-order valence-electron chi connectivity index (χ1n) is 6.11. The lowest BCUT2D eigenvalue weighted by atomic mass is 9.74. The average molecular weight is 249 g/mol. The number of rotatable bonds is 5. The number of methoxy groups -OCH3 is 2. The molecule has 1 fully saturated rings. The maximum absolute atomic E-state index is 12.2. The van der Waals surface area contributed by atoms with E-state index in [2.05, 4.69) is 0 Å². The Labute approximate surface area is 107 Å². The lowest BCUT2D eigenvalue weighted by molar-refractivity contribution is 0.0911. The van der Waals surface area contributed by atoms with Crippen LogP contribution in [-0.4, -0.2) is 25.5 Å². The molecule has 1 saturated carbocycles. The van der Waals surface area contributed by atoms with Crippen LogP contribution in [0, 0.1) is 0 Å². The smallest absolute Gasteiger partial charge is 0.164 e. The first kappa shape index (κ1) is 12.9. The number of benzene rings is 1. The van der Waals surface area contributed by atoms with Crippen LogP contribution in [-0.2, 0) is 0 Å². The van der Waals surface area contributed by atoms with Crippen molar-refractivity contribution in [1.29, 1.82) is 0 Å². The van der Waals surface area contributed by atoms with Crippen LogP contribution >= 0.6 is 0 Å². The fraction of sp³-hybridized carbons (Fsp3) is 0.500. The van der Waals surface area contributed by atoms with Crippen molar-refractivity contribution in [3.8, 4) is 11.5 Å². The molecule has 4 nitrogen and oxygen atoms in total. The third kappa shape index (κ3) is 2.64. The zero-order valence-corrected chi connectivity index (χ0v) is 10.9. The number of carbonyl (C=O) groups is 1. The molecule has 0 saturated heterocycles. The lowest BCUT2D eigenvalue weighted by Gasteiger charge is -2.37. The number of ether oxygens (including phenoxy) is 2. The molecule has 4 heteroatoms. The van der Waals surface area contributed by atoms with E-state index in [0.717, 1.165) is 19.3 Å². The molecule has 2 rings (SSSR count). The summed E-state index contributed by atoms with van der Waals surface area (Å²) >= 11 is 0. The minimum atomic E-state index is -0.298. The molecule has 1 aromatic rings. The van der Waals surface area contributed by atoms with E-state index >= 15 is 0 Å². The van der Waals surface area contributed by atoms with Crippen LogP contribution in [0.5, 0.6) is 11.5 Å². The molecular formula is C14H19NO3. The second kappa shape index (κ2) is 4.98. The number of nitrogens with two attached hydrogens (primary N) is 1. The van der Waals surface area contributed by atoms with E-state index in [-0.39, 0.29) is 11.3 Å². The van der Waals surface area contributed by atoms with E-state index in [9.17, 15) is 4.79 Å². The number of carbonyl (C=O) groups excluding carboxylic acids is 1. The molecule has 98 valence electrons. The van der Waals surface area contributed by atoms with Gasteiger partial charge in [0.15, 0.2) is 5.78 Å². The highest BCUT2D eigenvalue weighted by Gasteiger charge is 2.34. The van der Waals surface area contributed by atoms with Gasteiger partial charge in [-0.25, -0.2) is 0 Å². The molecule has 0 heterocycles. The predicted octanol–water partition coefficient (Wildman–Crippen LogP) is 2.16. The molecule has 0 aliphatic heterocycles. The zero-order chi connectivity index (χ0) is 13.2.